The van der Waals surface area contributed by atoms with Crippen LogP contribution in [0, 0.1) is 0 Å². The van der Waals surface area contributed by atoms with Crippen LogP contribution in [-0.4, -0.2) is 15.9 Å². The summed E-state index contributed by atoms with van der Waals surface area (Å²) in [5.41, 5.74) is 2.83. The number of furan rings is 1. The Balaban J connectivity index is 1.28. The van der Waals surface area contributed by atoms with Gasteiger partial charge in [-0.2, -0.15) is 9.78 Å². The van der Waals surface area contributed by atoms with Gasteiger partial charge in [-0.05, 0) is 52.7 Å². The molecule has 0 aliphatic heterocycles. The molecular weight excluding hydrogens is 498 g/mol. The van der Waals surface area contributed by atoms with Crippen LogP contribution < -0.4 is 10.3 Å². The molecule has 0 atom stereocenters. The summed E-state index contributed by atoms with van der Waals surface area (Å²) in [5.74, 6) is 1.44. The molecule has 0 aliphatic carbocycles. The van der Waals surface area contributed by atoms with Crippen molar-refractivity contribution >= 4 is 38.9 Å². The molecule has 0 saturated carbocycles. The van der Waals surface area contributed by atoms with E-state index < -0.39 is 0 Å². The van der Waals surface area contributed by atoms with Crippen molar-refractivity contribution in [3.8, 4) is 17.3 Å². The number of fused-ring (bicyclic) bond motifs is 3. The Morgan fingerprint density at radius 3 is 2.40 bits per heavy atom. The van der Waals surface area contributed by atoms with Crippen LogP contribution in [-0.2, 0) is 6.61 Å². The molecule has 6 nitrogen and oxygen atoms in total. The monoisotopic (exact) mass is 521 g/mol. The molecule has 5 aromatic carbocycles. The van der Waals surface area contributed by atoms with Gasteiger partial charge in [0.15, 0.2) is 5.76 Å². The third-order valence-electron chi connectivity index (χ3n) is 6.89. The van der Waals surface area contributed by atoms with Crippen molar-refractivity contribution in [3.63, 3.8) is 0 Å². The number of benzene rings is 5. The largest absolute Gasteiger partial charge is 0.488 e. The molecule has 2 aromatic heterocycles. The smallest absolute Gasteiger partial charge is 0.282 e. The van der Waals surface area contributed by atoms with E-state index in [1.165, 1.54) is 10.1 Å². The third kappa shape index (κ3) is 4.31. The van der Waals surface area contributed by atoms with Crippen molar-refractivity contribution in [2.24, 2.45) is 5.10 Å². The van der Waals surface area contributed by atoms with Crippen LogP contribution in [0.15, 0.2) is 136 Å². The fraction of sp³-hybridized carbons (Fsp3) is 0.0294. The Kier molecular flexibility index (Phi) is 5.90. The van der Waals surface area contributed by atoms with Gasteiger partial charge >= 0.3 is 0 Å². The quantitative estimate of drug-likeness (QED) is 0.214. The van der Waals surface area contributed by atoms with Gasteiger partial charge < -0.3 is 9.15 Å². The van der Waals surface area contributed by atoms with Gasteiger partial charge in [0.2, 0.25) is 5.82 Å². The summed E-state index contributed by atoms with van der Waals surface area (Å²) >= 11 is 0. The molecule has 40 heavy (non-hydrogen) atoms. The molecule has 0 unspecified atom stereocenters. The lowest BCUT2D eigenvalue weighted by Crippen LogP contribution is -2.20. The van der Waals surface area contributed by atoms with E-state index in [0.29, 0.717) is 40.4 Å². The molecule has 6 heteroatoms. The summed E-state index contributed by atoms with van der Waals surface area (Å²) < 4.78 is 13.6. The molecular formula is C34H23N3O3. The predicted molar refractivity (Wildman–Crippen MR) is 159 cm³/mol. The first kappa shape index (κ1) is 23.6. The summed E-state index contributed by atoms with van der Waals surface area (Å²) in [6.45, 7) is 0.397. The van der Waals surface area contributed by atoms with Gasteiger partial charge in [-0.25, -0.2) is 4.98 Å². The topological polar surface area (TPSA) is 69.6 Å². The standard InChI is InChI=1S/C34H23N3O3/c38-34-28-16-5-6-17-29(28)36-33(32-20-24-11-2-8-19-31(24)40-32)37(34)35-21-25-12-3-7-18-30(25)39-22-26-14-9-13-23-10-1-4-15-27(23)26/h1-21H,22H2. The lowest BCUT2D eigenvalue weighted by atomic mass is 10.1. The van der Waals surface area contributed by atoms with Crippen LogP contribution in [0.1, 0.15) is 11.1 Å². The Hall–Kier alpha value is -5.49. The highest BCUT2D eigenvalue weighted by atomic mass is 16.5. The SMILES string of the molecule is O=c1c2ccccc2nc(-c2cc3ccccc3o2)n1N=Cc1ccccc1OCc1cccc2ccccc12. The number of ether oxygens (including phenoxy) is 1. The normalized spacial score (nSPS) is 11.6. The molecule has 7 aromatic rings. The minimum absolute atomic E-state index is 0.286. The van der Waals surface area contributed by atoms with Crippen molar-refractivity contribution < 1.29 is 9.15 Å². The maximum Gasteiger partial charge on any atom is 0.282 e. The van der Waals surface area contributed by atoms with Crippen LogP contribution in [0.2, 0.25) is 0 Å². The van der Waals surface area contributed by atoms with Gasteiger partial charge in [0.1, 0.15) is 17.9 Å². The molecule has 7 rings (SSSR count). The van der Waals surface area contributed by atoms with Crippen LogP contribution in [0.5, 0.6) is 5.75 Å². The number of nitrogens with zero attached hydrogens (tertiary/aromatic N) is 3. The maximum absolute atomic E-state index is 13.6. The van der Waals surface area contributed by atoms with Gasteiger partial charge in [-0.15, -0.1) is 0 Å². The minimum atomic E-state index is -0.286. The molecule has 0 fully saturated rings. The lowest BCUT2D eigenvalue weighted by Gasteiger charge is -2.11. The summed E-state index contributed by atoms with van der Waals surface area (Å²) in [5, 5.41) is 8.33. The molecule has 0 saturated heterocycles. The molecule has 0 radical (unpaired) electrons. The first-order chi connectivity index (χ1) is 19.7. The number of aromatic nitrogens is 2. The van der Waals surface area contributed by atoms with Gasteiger partial charge in [0.05, 0.1) is 17.1 Å². The molecule has 0 N–H and O–H groups in total. The molecule has 0 bridgehead atoms. The summed E-state index contributed by atoms with van der Waals surface area (Å²) in [4.78, 5) is 18.4. The first-order valence-corrected chi connectivity index (χ1v) is 13.0. The average molecular weight is 522 g/mol. The fourth-order valence-corrected chi connectivity index (χ4v) is 4.89. The van der Waals surface area contributed by atoms with Crippen molar-refractivity contribution in [2.45, 2.75) is 6.61 Å². The average Bonchev–Trinajstić information content (AvgIpc) is 3.44. The zero-order valence-electron chi connectivity index (χ0n) is 21.4. The van der Waals surface area contributed by atoms with Crippen LogP contribution >= 0.6 is 0 Å². The molecule has 0 spiro atoms. The Morgan fingerprint density at radius 1 is 0.775 bits per heavy atom. The second-order valence-corrected chi connectivity index (χ2v) is 9.43. The van der Waals surface area contributed by atoms with Gasteiger partial charge in [-0.3, -0.25) is 4.79 Å². The number of hydrogen-bond donors (Lipinski definition) is 0. The van der Waals surface area contributed by atoms with Crippen molar-refractivity contribution in [1.82, 2.24) is 9.66 Å². The third-order valence-corrected chi connectivity index (χ3v) is 6.89. The van der Waals surface area contributed by atoms with E-state index in [1.54, 1.807) is 12.3 Å². The van der Waals surface area contributed by atoms with E-state index in [1.807, 2.05) is 91.0 Å². The van der Waals surface area contributed by atoms with E-state index in [-0.39, 0.29) is 5.56 Å². The van der Waals surface area contributed by atoms with E-state index in [0.717, 1.165) is 21.9 Å². The van der Waals surface area contributed by atoms with Gasteiger partial charge in [0.25, 0.3) is 5.56 Å². The first-order valence-electron chi connectivity index (χ1n) is 13.0. The van der Waals surface area contributed by atoms with E-state index in [4.69, 9.17) is 14.1 Å². The second-order valence-electron chi connectivity index (χ2n) is 9.43. The predicted octanol–water partition coefficient (Wildman–Crippen LogP) is 7.42. The van der Waals surface area contributed by atoms with Gasteiger partial charge in [-0.1, -0.05) is 84.9 Å². The second kappa shape index (κ2) is 10.0. The molecule has 0 amide bonds. The number of hydrogen-bond acceptors (Lipinski definition) is 5. The molecule has 0 aliphatic rings. The van der Waals surface area contributed by atoms with Crippen molar-refractivity contribution in [2.75, 3.05) is 0 Å². The van der Waals surface area contributed by atoms with Crippen LogP contribution in [0.4, 0.5) is 0 Å². The Morgan fingerprint density at radius 2 is 1.50 bits per heavy atom. The minimum Gasteiger partial charge on any atom is -0.488 e. The molecule has 192 valence electrons. The number of para-hydroxylation sites is 3. The Bertz CT molecular complexity index is 2070. The van der Waals surface area contributed by atoms with E-state index >= 15 is 0 Å². The van der Waals surface area contributed by atoms with Gasteiger partial charge in [0, 0.05) is 10.9 Å². The maximum atomic E-state index is 13.6. The van der Waals surface area contributed by atoms with Crippen LogP contribution in [0.3, 0.4) is 0 Å². The summed E-state index contributed by atoms with van der Waals surface area (Å²) in [7, 11) is 0. The Labute approximate surface area is 229 Å². The summed E-state index contributed by atoms with van der Waals surface area (Å²) in [6, 6.07) is 38.9. The van der Waals surface area contributed by atoms with E-state index in [2.05, 4.69) is 29.4 Å². The van der Waals surface area contributed by atoms with Crippen molar-refractivity contribution in [3.05, 3.63) is 143 Å². The zero-order chi connectivity index (χ0) is 26.9. The highest BCUT2D eigenvalue weighted by Crippen LogP contribution is 2.27. The van der Waals surface area contributed by atoms with E-state index in [9.17, 15) is 4.79 Å². The lowest BCUT2D eigenvalue weighted by molar-refractivity contribution is 0.307. The molecule has 2 heterocycles. The highest BCUT2D eigenvalue weighted by molar-refractivity contribution is 5.87. The van der Waals surface area contributed by atoms with Crippen molar-refractivity contribution in [1.29, 1.82) is 0 Å². The zero-order valence-corrected chi connectivity index (χ0v) is 21.4. The number of rotatable bonds is 6. The highest BCUT2D eigenvalue weighted by Gasteiger charge is 2.16. The van der Waals surface area contributed by atoms with Crippen LogP contribution in [0.25, 0.3) is 44.2 Å². The summed E-state index contributed by atoms with van der Waals surface area (Å²) in [6.07, 6.45) is 1.63. The fourth-order valence-electron chi connectivity index (χ4n) is 4.89.